The average molecular weight is 320 g/mol. The lowest BCUT2D eigenvalue weighted by atomic mass is 9.78. The second kappa shape index (κ2) is 5.52. The van der Waals surface area contributed by atoms with Gasteiger partial charge in [-0.25, -0.2) is 8.42 Å². The van der Waals surface area contributed by atoms with Crippen LogP contribution < -0.4 is 10.5 Å². The summed E-state index contributed by atoms with van der Waals surface area (Å²) in [5.41, 5.74) is 5.26. The van der Waals surface area contributed by atoms with Crippen molar-refractivity contribution in [3.63, 3.8) is 0 Å². The molecule has 0 aliphatic carbocycles. The molecule has 112 valence electrons. The van der Waals surface area contributed by atoms with Crippen molar-refractivity contribution >= 4 is 21.4 Å². The number of hydrogen-bond acceptors (Lipinski definition) is 5. The summed E-state index contributed by atoms with van der Waals surface area (Å²) in [7, 11) is -1.70. The summed E-state index contributed by atoms with van der Waals surface area (Å²) in [6.45, 7) is 0.0712. The summed E-state index contributed by atoms with van der Waals surface area (Å²) in [5, 5.41) is 11.0. The van der Waals surface area contributed by atoms with E-state index >= 15 is 0 Å². The minimum atomic E-state index is -3.18. The second-order valence-corrected chi connectivity index (χ2v) is 7.76. The highest BCUT2D eigenvalue weighted by atomic mass is 35.5. The first kappa shape index (κ1) is 15.6. The molecule has 1 aromatic carbocycles. The number of sulfone groups is 1. The normalized spacial score (nSPS) is 26.4. The zero-order valence-electron chi connectivity index (χ0n) is 11.2. The Kier molecular flexibility index (Phi) is 4.30. The fourth-order valence-corrected chi connectivity index (χ4v) is 5.12. The van der Waals surface area contributed by atoms with E-state index in [1.165, 1.54) is 7.11 Å². The van der Waals surface area contributed by atoms with Gasteiger partial charge in [0, 0.05) is 17.5 Å². The second-order valence-electron chi connectivity index (χ2n) is 5.17. The average Bonchev–Trinajstić information content (AvgIpc) is 2.74. The van der Waals surface area contributed by atoms with Gasteiger partial charge >= 0.3 is 0 Å². The van der Waals surface area contributed by atoms with Crippen LogP contribution in [-0.4, -0.2) is 38.7 Å². The number of aliphatic hydroxyl groups excluding tert-OH is 1. The van der Waals surface area contributed by atoms with Gasteiger partial charge in [-0.15, -0.1) is 0 Å². The topological polar surface area (TPSA) is 89.6 Å². The van der Waals surface area contributed by atoms with E-state index in [0.29, 0.717) is 22.8 Å². The summed E-state index contributed by atoms with van der Waals surface area (Å²) >= 11 is 6.14. The zero-order valence-corrected chi connectivity index (χ0v) is 12.7. The third kappa shape index (κ3) is 2.65. The summed E-state index contributed by atoms with van der Waals surface area (Å²) in [6.07, 6.45) is -0.755. The Bertz CT molecular complexity index is 604. The van der Waals surface area contributed by atoms with Gasteiger partial charge in [0.05, 0.1) is 29.7 Å². The van der Waals surface area contributed by atoms with Crippen molar-refractivity contribution in [3.8, 4) is 5.75 Å². The molecule has 3 N–H and O–H groups in total. The number of ether oxygens (including phenoxy) is 1. The van der Waals surface area contributed by atoms with E-state index in [4.69, 9.17) is 22.1 Å². The molecule has 0 saturated carbocycles. The van der Waals surface area contributed by atoms with Crippen molar-refractivity contribution in [2.24, 2.45) is 11.1 Å². The molecule has 2 unspecified atom stereocenters. The molecule has 1 heterocycles. The van der Waals surface area contributed by atoms with E-state index in [1.54, 1.807) is 18.2 Å². The molecule has 0 aromatic heterocycles. The fraction of sp³-hybridized carbons (Fsp3) is 0.538. The van der Waals surface area contributed by atoms with Gasteiger partial charge in [0.1, 0.15) is 5.75 Å². The van der Waals surface area contributed by atoms with E-state index in [2.05, 4.69) is 0 Å². The van der Waals surface area contributed by atoms with Crippen molar-refractivity contribution in [3.05, 3.63) is 28.8 Å². The number of hydrogen-bond donors (Lipinski definition) is 2. The molecule has 0 radical (unpaired) electrons. The standard InChI is InChI=1S/C13H18ClNO4S/c1-19-10-4-2-3-9(14)11(10)12(16)13(7-15)5-6-20(17,18)8-13/h2-4,12,16H,5-8,15H2,1H3. The molecule has 1 aromatic rings. The third-order valence-electron chi connectivity index (χ3n) is 3.91. The molecule has 1 fully saturated rings. The molecule has 0 amide bonds. The molecule has 1 aliphatic heterocycles. The van der Waals surface area contributed by atoms with Gasteiger partial charge in [0.25, 0.3) is 0 Å². The molecular weight excluding hydrogens is 302 g/mol. The lowest BCUT2D eigenvalue weighted by Gasteiger charge is -2.33. The first-order chi connectivity index (χ1) is 9.35. The molecule has 7 heteroatoms. The summed E-state index contributed by atoms with van der Waals surface area (Å²) < 4.78 is 28.7. The Balaban J connectivity index is 2.48. The zero-order chi connectivity index (χ0) is 15.0. The fourth-order valence-electron chi connectivity index (χ4n) is 2.70. The maximum Gasteiger partial charge on any atom is 0.151 e. The van der Waals surface area contributed by atoms with Gasteiger partial charge in [0.15, 0.2) is 9.84 Å². The van der Waals surface area contributed by atoms with E-state index in [1.807, 2.05) is 0 Å². The molecule has 20 heavy (non-hydrogen) atoms. The van der Waals surface area contributed by atoms with Crippen molar-refractivity contribution in [2.45, 2.75) is 12.5 Å². The molecule has 2 rings (SSSR count). The highest BCUT2D eigenvalue weighted by Gasteiger charge is 2.48. The number of rotatable bonds is 4. The Morgan fingerprint density at radius 2 is 2.25 bits per heavy atom. The van der Waals surface area contributed by atoms with Crippen molar-refractivity contribution in [1.82, 2.24) is 0 Å². The van der Waals surface area contributed by atoms with Crippen LogP contribution in [0.4, 0.5) is 0 Å². The van der Waals surface area contributed by atoms with Crippen LogP contribution in [0.15, 0.2) is 18.2 Å². The smallest absolute Gasteiger partial charge is 0.151 e. The first-order valence-electron chi connectivity index (χ1n) is 6.26. The van der Waals surface area contributed by atoms with Crippen molar-refractivity contribution in [2.75, 3.05) is 25.2 Å². The van der Waals surface area contributed by atoms with E-state index in [9.17, 15) is 13.5 Å². The van der Waals surface area contributed by atoms with Gasteiger partial charge in [-0.2, -0.15) is 0 Å². The van der Waals surface area contributed by atoms with Gasteiger partial charge in [0.2, 0.25) is 0 Å². The summed E-state index contributed by atoms with van der Waals surface area (Å²) in [5.74, 6) is 0.335. The predicted molar refractivity (Wildman–Crippen MR) is 77.7 cm³/mol. The molecule has 5 nitrogen and oxygen atoms in total. The highest BCUT2D eigenvalue weighted by Crippen LogP contribution is 2.47. The molecule has 1 aliphatic rings. The number of benzene rings is 1. The van der Waals surface area contributed by atoms with Crippen LogP contribution >= 0.6 is 11.6 Å². The number of methoxy groups -OCH3 is 1. The number of halogens is 1. The Morgan fingerprint density at radius 3 is 2.75 bits per heavy atom. The van der Waals surface area contributed by atoms with Crippen LogP contribution in [0.3, 0.4) is 0 Å². The minimum Gasteiger partial charge on any atom is -0.496 e. The van der Waals surface area contributed by atoms with Gasteiger partial charge in [-0.05, 0) is 18.6 Å². The SMILES string of the molecule is COc1cccc(Cl)c1C(O)C1(CN)CCS(=O)(=O)C1. The lowest BCUT2D eigenvalue weighted by Crippen LogP contribution is -2.38. The Labute approximate surface area is 123 Å². The van der Waals surface area contributed by atoms with Crippen LogP contribution in [-0.2, 0) is 9.84 Å². The maximum atomic E-state index is 11.7. The minimum absolute atomic E-state index is 0.0357. The number of aliphatic hydroxyl groups is 1. The van der Waals surface area contributed by atoms with E-state index < -0.39 is 21.4 Å². The van der Waals surface area contributed by atoms with E-state index in [0.717, 1.165) is 0 Å². The summed E-state index contributed by atoms with van der Waals surface area (Å²) in [6, 6.07) is 5.02. The van der Waals surface area contributed by atoms with Gasteiger partial charge in [-0.1, -0.05) is 17.7 Å². The predicted octanol–water partition coefficient (Wildman–Crippen LogP) is 1.15. The maximum absolute atomic E-state index is 11.7. The summed E-state index contributed by atoms with van der Waals surface area (Å²) in [4.78, 5) is 0. The molecule has 1 saturated heterocycles. The number of nitrogens with two attached hydrogens (primary N) is 1. The van der Waals surface area contributed by atoms with Crippen LogP contribution in [0.25, 0.3) is 0 Å². The lowest BCUT2D eigenvalue weighted by molar-refractivity contribution is 0.0453. The van der Waals surface area contributed by atoms with Crippen LogP contribution in [0.2, 0.25) is 5.02 Å². The van der Waals surface area contributed by atoms with Crippen LogP contribution in [0.5, 0.6) is 5.75 Å². The monoisotopic (exact) mass is 319 g/mol. The highest BCUT2D eigenvalue weighted by molar-refractivity contribution is 7.91. The molecule has 2 atom stereocenters. The molecule has 0 spiro atoms. The Hall–Kier alpha value is -0.820. The van der Waals surface area contributed by atoms with Crippen molar-refractivity contribution in [1.29, 1.82) is 0 Å². The quantitative estimate of drug-likeness (QED) is 0.868. The largest absolute Gasteiger partial charge is 0.496 e. The van der Waals surface area contributed by atoms with Gasteiger partial charge in [-0.3, -0.25) is 0 Å². The van der Waals surface area contributed by atoms with Crippen molar-refractivity contribution < 1.29 is 18.3 Å². The molecule has 0 bridgehead atoms. The first-order valence-corrected chi connectivity index (χ1v) is 8.46. The van der Waals surface area contributed by atoms with Crippen LogP contribution in [0.1, 0.15) is 18.1 Å². The molecular formula is C13H18ClNO4S. The van der Waals surface area contributed by atoms with Gasteiger partial charge < -0.3 is 15.6 Å². The van der Waals surface area contributed by atoms with E-state index in [-0.39, 0.29) is 18.1 Å². The van der Waals surface area contributed by atoms with Crippen LogP contribution in [0, 0.1) is 5.41 Å². The third-order valence-corrected chi connectivity index (χ3v) is 6.08. The Morgan fingerprint density at radius 1 is 1.55 bits per heavy atom.